The molecule has 100 valence electrons. The number of carbonyl (C=O) groups excluding carboxylic acids is 1. The average molecular weight is 266 g/mol. The van der Waals surface area contributed by atoms with Crippen LogP contribution < -0.4 is 5.73 Å². The van der Waals surface area contributed by atoms with E-state index >= 15 is 0 Å². The number of nitrogen functional groups attached to an aromatic ring is 1. The van der Waals surface area contributed by atoms with E-state index in [1.54, 1.807) is 17.8 Å². The molecule has 18 heavy (non-hydrogen) atoms. The van der Waals surface area contributed by atoms with Crippen molar-refractivity contribution in [3.8, 4) is 0 Å². The fourth-order valence-electron chi connectivity index (χ4n) is 1.80. The number of amides is 1. The number of thioether (sulfide) groups is 1. The Labute approximate surface area is 114 Å². The van der Waals surface area contributed by atoms with Gasteiger partial charge >= 0.3 is 0 Å². The zero-order valence-electron chi connectivity index (χ0n) is 11.6. The van der Waals surface area contributed by atoms with Crippen LogP contribution in [0.1, 0.15) is 29.3 Å². The number of carbonyl (C=O) groups is 1. The second-order valence-electron chi connectivity index (χ2n) is 4.62. The zero-order chi connectivity index (χ0) is 13.7. The van der Waals surface area contributed by atoms with Crippen molar-refractivity contribution in [2.45, 2.75) is 26.3 Å². The van der Waals surface area contributed by atoms with Crippen LogP contribution in [-0.2, 0) is 0 Å². The van der Waals surface area contributed by atoms with Crippen LogP contribution in [0.25, 0.3) is 0 Å². The number of anilines is 1. The van der Waals surface area contributed by atoms with Crippen molar-refractivity contribution < 1.29 is 4.79 Å². The highest BCUT2D eigenvalue weighted by atomic mass is 32.2. The van der Waals surface area contributed by atoms with Gasteiger partial charge in [-0.05, 0) is 56.0 Å². The van der Waals surface area contributed by atoms with E-state index in [0.29, 0.717) is 5.69 Å². The number of nitrogens with two attached hydrogens (primary N) is 1. The van der Waals surface area contributed by atoms with Crippen molar-refractivity contribution in [3.63, 3.8) is 0 Å². The molecule has 0 aliphatic carbocycles. The average Bonchev–Trinajstić information content (AvgIpc) is 2.34. The molecule has 3 nitrogen and oxygen atoms in total. The van der Waals surface area contributed by atoms with Crippen molar-refractivity contribution in [1.29, 1.82) is 0 Å². The topological polar surface area (TPSA) is 46.3 Å². The third kappa shape index (κ3) is 3.67. The van der Waals surface area contributed by atoms with E-state index in [-0.39, 0.29) is 11.9 Å². The molecule has 0 aromatic heterocycles. The van der Waals surface area contributed by atoms with E-state index in [2.05, 4.69) is 13.2 Å². The molecule has 0 saturated carbocycles. The molecule has 1 aromatic carbocycles. The van der Waals surface area contributed by atoms with E-state index in [1.165, 1.54) is 0 Å². The summed E-state index contributed by atoms with van der Waals surface area (Å²) >= 11 is 1.81. The standard InChI is InChI=1S/C14H22N2OS/c1-10-9-12(15)5-6-13(10)14(17)16(3)11(2)7-8-18-4/h5-6,9,11H,7-8,15H2,1-4H3. The van der Waals surface area contributed by atoms with Gasteiger partial charge in [-0.25, -0.2) is 0 Å². The van der Waals surface area contributed by atoms with Gasteiger partial charge in [0.15, 0.2) is 0 Å². The summed E-state index contributed by atoms with van der Waals surface area (Å²) in [6, 6.07) is 5.68. The van der Waals surface area contributed by atoms with Crippen molar-refractivity contribution in [1.82, 2.24) is 4.90 Å². The van der Waals surface area contributed by atoms with Crippen LogP contribution in [0.2, 0.25) is 0 Å². The molecule has 1 rings (SSSR count). The number of rotatable bonds is 5. The molecule has 1 aromatic rings. The first-order valence-electron chi connectivity index (χ1n) is 6.09. The summed E-state index contributed by atoms with van der Waals surface area (Å²) in [7, 11) is 1.86. The first-order valence-corrected chi connectivity index (χ1v) is 7.49. The highest BCUT2D eigenvalue weighted by Gasteiger charge is 2.18. The second-order valence-corrected chi connectivity index (χ2v) is 5.61. The summed E-state index contributed by atoms with van der Waals surface area (Å²) in [5.74, 6) is 1.14. The molecule has 4 heteroatoms. The lowest BCUT2D eigenvalue weighted by Gasteiger charge is -2.25. The third-order valence-corrected chi connectivity index (χ3v) is 3.85. The third-order valence-electron chi connectivity index (χ3n) is 3.20. The lowest BCUT2D eigenvalue weighted by atomic mass is 10.1. The van der Waals surface area contributed by atoms with E-state index < -0.39 is 0 Å². The minimum absolute atomic E-state index is 0.0705. The molecule has 0 radical (unpaired) electrons. The smallest absolute Gasteiger partial charge is 0.254 e. The highest BCUT2D eigenvalue weighted by Crippen LogP contribution is 2.16. The number of benzene rings is 1. The second kappa shape index (κ2) is 6.69. The lowest BCUT2D eigenvalue weighted by molar-refractivity contribution is 0.0740. The SMILES string of the molecule is CSCCC(C)N(C)C(=O)c1ccc(N)cc1C. The zero-order valence-corrected chi connectivity index (χ0v) is 12.4. The van der Waals surface area contributed by atoms with E-state index in [9.17, 15) is 4.79 Å². The Morgan fingerprint density at radius 2 is 2.17 bits per heavy atom. The van der Waals surface area contributed by atoms with Crippen molar-refractivity contribution in [2.75, 3.05) is 24.8 Å². The predicted molar refractivity (Wildman–Crippen MR) is 80.1 cm³/mol. The van der Waals surface area contributed by atoms with Crippen LogP contribution in [0.4, 0.5) is 5.69 Å². The Morgan fingerprint density at radius 3 is 2.72 bits per heavy atom. The molecule has 1 amide bonds. The lowest BCUT2D eigenvalue weighted by Crippen LogP contribution is -2.35. The maximum Gasteiger partial charge on any atom is 0.254 e. The number of hydrogen-bond donors (Lipinski definition) is 1. The van der Waals surface area contributed by atoms with Gasteiger partial charge in [0, 0.05) is 24.3 Å². The molecule has 1 unspecified atom stereocenters. The highest BCUT2D eigenvalue weighted by molar-refractivity contribution is 7.98. The number of aryl methyl sites for hydroxylation is 1. The molecular formula is C14H22N2OS. The summed E-state index contributed by atoms with van der Waals surface area (Å²) in [6.07, 6.45) is 3.09. The number of nitrogens with zero attached hydrogens (tertiary/aromatic N) is 1. The van der Waals surface area contributed by atoms with Gasteiger partial charge in [0.1, 0.15) is 0 Å². The summed E-state index contributed by atoms with van der Waals surface area (Å²) in [5, 5.41) is 0. The quantitative estimate of drug-likeness (QED) is 0.834. The van der Waals surface area contributed by atoms with Crippen LogP contribution in [0.5, 0.6) is 0 Å². The van der Waals surface area contributed by atoms with E-state index in [1.807, 2.05) is 31.0 Å². The van der Waals surface area contributed by atoms with Crippen LogP contribution in [0.15, 0.2) is 18.2 Å². The minimum atomic E-state index is 0.0705. The monoisotopic (exact) mass is 266 g/mol. The Kier molecular flexibility index (Phi) is 5.54. The van der Waals surface area contributed by atoms with Crippen LogP contribution in [-0.4, -0.2) is 35.9 Å². The van der Waals surface area contributed by atoms with Gasteiger partial charge in [-0.2, -0.15) is 11.8 Å². The maximum absolute atomic E-state index is 12.4. The van der Waals surface area contributed by atoms with Gasteiger partial charge < -0.3 is 10.6 Å². The van der Waals surface area contributed by atoms with Crippen molar-refractivity contribution in [3.05, 3.63) is 29.3 Å². The van der Waals surface area contributed by atoms with Crippen LogP contribution >= 0.6 is 11.8 Å². The molecule has 0 bridgehead atoms. The first-order chi connectivity index (χ1) is 8.47. The van der Waals surface area contributed by atoms with Crippen LogP contribution in [0.3, 0.4) is 0 Å². The molecule has 0 aliphatic heterocycles. The van der Waals surface area contributed by atoms with Gasteiger partial charge in [-0.1, -0.05) is 0 Å². The Balaban J connectivity index is 2.79. The molecular weight excluding hydrogens is 244 g/mol. The fourth-order valence-corrected chi connectivity index (χ4v) is 2.38. The van der Waals surface area contributed by atoms with Gasteiger partial charge in [-0.15, -0.1) is 0 Å². The van der Waals surface area contributed by atoms with Gasteiger partial charge in [0.2, 0.25) is 0 Å². The van der Waals surface area contributed by atoms with E-state index in [4.69, 9.17) is 5.73 Å². The molecule has 0 fully saturated rings. The fraction of sp³-hybridized carbons (Fsp3) is 0.500. The van der Waals surface area contributed by atoms with E-state index in [0.717, 1.165) is 23.3 Å². The number of hydrogen-bond acceptors (Lipinski definition) is 3. The maximum atomic E-state index is 12.4. The van der Waals surface area contributed by atoms with Crippen molar-refractivity contribution >= 4 is 23.4 Å². The molecule has 2 N–H and O–H groups in total. The van der Waals surface area contributed by atoms with Crippen LogP contribution in [0, 0.1) is 6.92 Å². The Hall–Kier alpha value is -1.16. The minimum Gasteiger partial charge on any atom is -0.399 e. The molecule has 0 saturated heterocycles. The molecule has 0 spiro atoms. The van der Waals surface area contributed by atoms with Gasteiger partial charge in [0.05, 0.1) is 0 Å². The summed E-state index contributed by atoms with van der Waals surface area (Å²) in [4.78, 5) is 14.2. The Bertz CT molecular complexity index is 420. The predicted octanol–water partition coefficient (Wildman–Crippen LogP) is 2.79. The van der Waals surface area contributed by atoms with Gasteiger partial charge in [0.25, 0.3) is 5.91 Å². The normalized spacial score (nSPS) is 12.2. The largest absolute Gasteiger partial charge is 0.399 e. The molecule has 0 aliphatic rings. The summed E-state index contributed by atoms with van der Waals surface area (Å²) < 4.78 is 0. The first kappa shape index (κ1) is 14.9. The van der Waals surface area contributed by atoms with Crippen molar-refractivity contribution in [2.24, 2.45) is 0 Å². The molecule has 0 heterocycles. The summed E-state index contributed by atoms with van der Waals surface area (Å²) in [6.45, 7) is 4.00. The summed E-state index contributed by atoms with van der Waals surface area (Å²) in [5.41, 5.74) is 8.07. The molecule has 1 atom stereocenters. The Morgan fingerprint density at radius 1 is 1.50 bits per heavy atom. The van der Waals surface area contributed by atoms with Gasteiger partial charge in [-0.3, -0.25) is 4.79 Å².